The lowest BCUT2D eigenvalue weighted by molar-refractivity contribution is -0.138. The average Bonchev–Trinajstić information content (AvgIpc) is 2.13. The summed E-state index contributed by atoms with van der Waals surface area (Å²) in [5.41, 5.74) is -0.959. The second-order valence-corrected chi connectivity index (χ2v) is 4.61. The van der Waals surface area contributed by atoms with Gasteiger partial charge in [0.15, 0.2) is 0 Å². The molecule has 0 heterocycles. The summed E-state index contributed by atoms with van der Waals surface area (Å²) in [4.78, 5) is 22.4. The molecule has 0 atom stereocenters. The van der Waals surface area contributed by atoms with E-state index in [9.17, 15) is 14.7 Å². The van der Waals surface area contributed by atoms with Gasteiger partial charge in [0.05, 0.1) is 12.0 Å². The topological polar surface area (TPSA) is 107 Å². The van der Waals surface area contributed by atoms with Gasteiger partial charge >= 0.3 is 5.97 Å². The number of carbonyl (C=O) groups is 2. The molecule has 6 nitrogen and oxygen atoms in total. The van der Waals surface area contributed by atoms with Crippen molar-refractivity contribution in [2.75, 3.05) is 0 Å². The molecule has 0 saturated carbocycles. The Morgan fingerprint density at radius 1 is 1.28 bits per heavy atom. The zero-order valence-electron chi connectivity index (χ0n) is 10.1. The van der Waals surface area contributed by atoms with Crippen molar-refractivity contribution < 1.29 is 24.9 Å². The third kappa shape index (κ3) is 3.65. The van der Waals surface area contributed by atoms with Crippen molar-refractivity contribution >= 4 is 11.9 Å². The zero-order chi connectivity index (χ0) is 13.9. The first-order valence-electron chi connectivity index (χ1n) is 5.27. The molecular formula is C12H15NO5. The quantitative estimate of drug-likeness (QED) is 0.642. The van der Waals surface area contributed by atoms with E-state index >= 15 is 0 Å². The Morgan fingerprint density at radius 2 is 1.89 bits per heavy atom. The molecule has 1 rings (SSSR count). The molecule has 0 bridgehead atoms. The Hall–Kier alpha value is -2.24. The molecule has 1 aromatic carbocycles. The van der Waals surface area contributed by atoms with Crippen LogP contribution in [0, 0.1) is 0 Å². The van der Waals surface area contributed by atoms with Crippen LogP contribution in [-0.4, -0.2) is 32.7 Å². The first-order chi connectivity index (χ1) is 8.21. The summed E-state index contributed by atoms with van der Waals surface area (Å²) < 4.78 is 0. The highest BCUT2D eigenvalue weighted by Gasteiger charge is 2.25. The van der Waals surface area contributed by atoms with Gasteiger partial charge in [0.1, 0.15) is 11.5 Å². The van der Waals surface area contributed by atoms with Crippen molar-refractivity contribution in [1.29, 1.82) is 0 Å². The predicted octanol–water partition coefficient (Wildman–Crippen LogP) is 1.08. The Balaban J connectivity index is 2.85. The number of carbonyl (C=O) groups excluding carboxylic acids is 1. The van der Waals surface area contributed by atoms with Gasteiger partial charge < -0.3 is 20.6 Å². The third-order valence-electron chi connectivity index (χ3n) is 2.27. The van der Waals surface area contributed by atoms with Crippen LogP contribution >= 0.6 is 0 Å². The number of rotatable bonds is 4. The number of aromatic hydroxyl groups is 2. The molecule has 6 heteroatoms. The van der Waals surface area contributed by atoms with Crippen molar-refractivity contribution in [2.24, 2.45) is 0 Å². The van der Waals surface area contributed by atoms with E-state index in [1.807, 2.05) is 0 Å². The van der Waals surface area contributed by atoms with Crippen LogP contribution in [-0.2, 0) is 4.79 Å². The van der Waals surface area contributed by atoms with E-state index in [1.165, 1.54) is 12.1 Å². The van der Waals surface area contributed by atoms with Gasteiger partial charge in [-0.15, -0.1) is 0 Å². The molecule has 0 aliphatic rings. The summed E-state index contributed by atoms with van der Waals surface area (Å²) in [6.07, 6.45) is -0.239. The second-order valence-electron chi connectivity index (χ2n) is 4.61. The van der Waals surface area contributed by atoms with E-state index in [4.69, 9.17) is 10.2 Å². The highest BCUT2D eigenvalue weighted by Crippen LogP contribution is 2.23. The van der Waals surface area contributed by atoms with Crippen molar-refractivity contribution in [3.05, 3.63) is 23.8 Å². The van der Waals surface area contributed by atoms with Crippen LogP contribution < -0.4 is 5.32 Å². The fourth-order valence-corrected chi connectivity index (χ4v) is 1.51. The Kier molecular flexibility index (Phi) is 3.80. The van der Waals surface area contributed by atoms with E-state index in [1.54, 1.807) is 13.8 Å². The number of carboxylic acids is 1. The molecule has 0 unspecified atom stereocenters. The van der Waals surface area contributed by atoms with E-state index in [-0.39, 0.29) is 23.5 Å². The maximum absolute atomic E-state index is 11.8. The van der Waals surface area contributed by atoms with Crippen LogP contribution in [0.1, 0.15) is 30.6 Å². The van der Waals surface area contributed by atoms with Crippen LogP contribution in [0.4, 0.5) is 0 Å². The van der Waals surface area contributed by atoms with Crippen molar-refractivity contribution in [3.63, 3.8) is 0 Å². The molecular weight excluding hydrogens is 238 g/mol. The number of aliphatic carboxylic acids is 1. The third-order valence-corrected chi connectivity index (χ3v) is 2.27. The number of carboxylic acid groups (broad SMARTS) is 1. The van der Waals surface area contributed by atoms with Crippen molar-refractivity contribution in [1.82, 2.24) is 5.32 Å². The molecule has 4 N–H and O–H groups in total. The van der Waals surface area contributed by atoms with Gasteiger partial charge in [-0.2, -0.15) is 0 Å². The van der Waals surface area contributed by atoms with E-state index < -0.39 is 17.4 Å². The Labute approximate surface area is 104 Å². The van der Waals surface area contributed by atoms with E-state index in [0.29, 0.717) is 0 Å². The van der Waals surface area contributed by atoms with Gasteiger partial charge in [0.25, 0.3) is 5.91 Å². The number of hydrogen-bond acceptors (Lipinski definition) is 4. The minimum Gasteiger partial charge on any atom is -0.508 e. The number of phenols is 2. The van der Waals surface area contributed by atoms with Crippen LogP contribution in [0.25, 0.3) is 0 Å². The summed E-state index contributed by atoms with van der Waals surface area (Å²) in [5.74, 6) is -2.15. The first-order valence-corrected chi connectivity index (χ1v) is 5.27. The Morgan fingerprint density at radius 3 is 2.39 bits per heavy atom. The summed E-state index contributed by atoms with van der Waals surface area (Å²) in [6, 6.07) is 3.56. The molecule has 1 aromatic rings. The second kappa shape index (κ2) is 4.95. The average molecular weight is 253 g/mol. The number of amides is 1. The maximum Gasteiger partial charge on any atom is 0.305 e. The molecule has 0 spiro atoms. The van der Waals surface area contributed by atoms with Gasteiger partial charge in [0, 0.05) is 11.6 Å². The highest BCUT2D eigenvalue weighted by molar-refractivity contribution is 5.97. The normalized spacial score (nSPS) is 11.0. The smallest absolute Gasteiger partial charge is 0.305 e. The van der Waals surface area contributed by atoms with Crippen LogP contribution in [0.5, 0.6) is 11.5 Å². The summed E-state index contributed by atoms with van der Waals surface area (Å²) in [5, 5.41) is 29.8. The van der Waals surface area contributed by atoms with Crippen LogP contribution in [0.2, 0.25) is 0 Å². The number of nitrogens with one attached hydrogen (secondary N) is 1. The Bertz CT molecular complexity index is 481. The van der Waals surface area contributed by atoms with Gasteiger partial charge in [0.2, 0.25) is 0 Å². The fourth-order valence-electron chi connectivity index (χ4n) is 1.51. The zero-order valence-corrected chi connectivity index (χ0v) is 10.1. The highest BCUT2D eigenvalue weighted by atomic mass is 16.4. The lowest BCUT2D eigenvalue weighted by atomic mass is 10.00. The molecule has 18 heavy (non-hydrogen) atoms. The molecule has 0 radical (unpaired) electrons. The van der Waals surface area contributed by atoms with Gasteiger partial charge in [-0.1, -0.05) is 0 Å². The summed E-state index contributed by atoms with van der Waals surface area (Å²) >= 11 is 0. The number of phenolic OH excluding ortho intramolecular Hbond substituents is 2. The SMILES string of the molecule is CC(C)(CC(=O)O)NC(=O)c1ccc(O)cc1O. The monoisotopic (exact) mass is 253 g/mol. The first kappa shape index (κ1) is 13.8. The standard InChI is InChI=1S/C12H15NO5/c1-12(2,6-10(16)17)13-11(18)8-4-3-7(14)5-9(8)15/h3-5,14-15H,6H2,1-2H3,(H,13,18)(H,16,17). The van der Waals surface area contributed by atoms with Crippen LogP contribution in [0.15, 0.2) is 18.2 Å². The van der Waals surface area contributed by atoms with Crippen LogP contribution in [0.3, 0.4) is 0 Å². The number of benzene rings is 1. The van der Waals surface area contributed by atoms with Gasteiger partial charge in [-0.25, -0.2) is 0 Å². The van der Waals surface area contributed by atoms with Crippen molar-refractivity contribution in [2.45, 2.75) is 25.8 Å². The fraction of sp³-hybridized carbons (Fsp3) is 0.333. The lowest BCUT2D eigenvalue weighted by Gasteiger charge is -2.24. The van der Waals surface area contributed by atoms with E-state index in [0.717, 1.165) is 6.07 Å². The minimum atomic E-state index is -1.03. The van der Waals surface area contributed by atoms with E-state index in [2.05, 4.69) is 5.32 Å². The molecule has 0 aromatic heterocycles. The molecule has 0 aliphatic carbocycles. The molecule has 1 amide bonds. The molecule has 0 fully saturated rings. The largest absolute Gasteiger partial charge is 0.508 e. The molecule has 0 aliphatic heterocycles. The number of hydrogen-bond donors (Lipinski definition) is 4. The predicted molar refractivity (Wildman–Crippen MR) is 63.6 cm³/mol. The lowest BCUT2D eigenvalue weighted by Crippen LogP contribution is -2.44. The maximum atomic E-state index is 11.8. The minimum absolute atomic E-state index is 0.0220. The summed E-state index contributed by atoms with van der Waals surface area (Å²) in [6.45, 7) is 3.13. The molecule has 0 saturated heterocycles. The van der Waals surface area contributed by atoms with Crippen molar-refractivity contribution in [3.8, 4) is 11.5 Å². The van der Waals surface area contributed by atoms with Gasteiger partial charge in [-0.3, -0.25) is 9.59 Å². The van der Waals surface area contributed by atoms with Gasteiger partial charge in [-0.05, 0) is 26.0 Å². The summed E-state index contributed by atoms with van der Waals surface area (Å²) in [7, 11) is 0. The molecule has 98 valence electrons.